The third kappa shape index (κ3) is 4.87. The van der Waals surface area contributed by atoms with Crippen LogP contribution in [0, 0.1) is 0 Å². The fourth-order valence-electron chi connectivity index (χ4n) is 1.73. The third-order valence-electron chi connectivity index (χ3n) is 2.48. The minimum atomic E-state index is -4.75. The van der Waals surface area contributed by atoms with Crippen LogP contribution in [-0.2, 0) is 13.0 Å². The zero-order chi connectivity index (χ0) is 11.6. The van der Waals surface area contributed by atoms with Gasteiger partial charge in [0.15, 0.2) is 5.16 Å². The molecule has 1 aliphatic rings. The van der Waals surface area contributed by atoms with E-state index in [2.05, 4.69) is 10.2 Å². The molecular weight excluding hydrogens is 277 g/mol. The van der Waals surface area contributed by atoms with Gasteiger partial charge >= 0.3 is 58.4 Å². The molecule has 0 aromatic carbocycles. The van der Waals surface area contributed by atoms with Crippen molar-refractivity contribution < 1.29 is 64.3 Å². The molecule has 0 spiro atoms. The monoisotopic (exact) mass is 289 g/mol. The number of rotatable bonds is 3. The summed E-state index contributed by atoms with van der Waals surface area (Å²) in [5, 5.41) is 8.19. The van der Waals surface area contributed by atoms with Gasteiger partial charge in [0.05, 0.1) is 0 Å². The van der Waals surface area contributed by atoms with Crippen LogP contribution in [0.15, 0.2) is 5.16 Å². The van der Waals surface area contributed by atoms with Crippen molar-refractivity contribution in [1.29, 1.82) is 0 Å². The molecule has 0 saturated heterocycles. The third-order valence-corrected chi connectivity index (χ3v) is 3.58. The van der Waals surface area contributed by atoms with Crippen LogP contribution in [0.25, 0.3) is 0 Å². The van der Waals surface area contributed by atoms with E-state index < -0.39 is 12.6 Å². The molecule has 0 fully saturated rings. The van der Waals surface area contributed by atoms with E-state index in [0.29, 0.717) is 5.16 Å². The number of hydrogen-bond acceptors (Lipinski definition) is 3. The van der Waals surface area contributed by atoms with Crippen molar-refractivity contribution >= 4 is 18.7 Å². The van der Waals surface area contributed by atoms with Gasteiger partial charge in [-0.05, 0) is 18.5 Å². The molecule has 2 rings (SSSR count). The van der Waals surface area contributed by atoms with E-state index in [1.807, 2.05) is 4.57 Å². The first-order chi connectivity index (χ1) is 7.56. The maximum atomic E-state index is 12.1. The molecule has 9 heteroatoms. The van der Waals surface area contributed by atoms with E-state index >= 15 is 0 Å². The van der Waals surface area contributed by atoms with Crippen molar-refractivity contribution in [2.75, 3.05) is 5.65 Å². The van der Waals surface area contributed by atoms with Gasteiger partial charge in [-0.15, -0.1) is 22.0 Å². The number of fused-ring (bicyclic) bond motifs is 1. The predicted molar refractivity (Wildman–Crippen MR) is 57.4 cm³/mol. The summed E-state index contributed by atoms with van der Waals surface area (Å²) in [5.41, 5.74) is -0.835. The van der Waals surface area contributed by atoms with Crippen LogP contribution in [0.3, 0.4) is 0 Å². The minimum Gasteiger partial charge on any atom is -0.448 e. The van der Waals surface area contributed by atoms with Crippen molar-refractivity contribution in [2.45, 2.75) is 37.4 Å². The van der Waals surface area contributed by atoms with E-state index in [4.69, 9.17) is 0 Å². The summed E-state index contributed by atoms with van der Waals surface area (Å²) in [4.78, 5) is 0. The van der Waals surface area contributed by atoms with Crippen molar-refractivity contribution in [3.05, 3.63) is 5.82 Å². The average molecular weight is 289 g/mol. The fourth-order valence-corrected chi connectivity index (χ4v) is 2.52. The van der Waals surface area contributed by atoms with Gasteiger partial charge in [0.2, 0.25) is 0 Å². The van der Waals surface area contributed by atoms with E-state index in [1.165, 1.54) is 0 Å². The molecule has 17 heavy (non-hydrogen) atoms. The second kappa shape index (κ2) is 6.95. The standard InChI is InChI=1S/C8H12BF3N3S.K/c10-9(11,12)6-16-8-14-13-7-4-2-1-3-5-15(7)8;/h1-6H2;/q-1;+1. The maximum Gasteiger partial charge on any atom is 1.00 e. The first-order valence-electron chi connectivity index (χ1n) is 5.32. The first kappa shape index (κ1) is 16.0. The quantitative estimate of drug-likeness (QED) is 0.554. The molecule has 1 aromatic rings. The van der Waals surface area contributed by atoms with Crippen molar-refractivity contribution in [3.63, 3.8) is 0 Å². The number of hydrogen-bond donors (Lipinski definition) is 0. The molecule has 2 heterocycles. The van der Waals surface area contributed by atoms with Gasteiger partial charge in [-0.3, -0.25) is 0 Å². The van der Waals surface area contributed by atoms with Gasteiger partial charge in [-0.2, -0.15) is 0 Å². The Morgan fingerprint density at radius 1 is 1.18 bits per heavy atom. The van der Waals surface area contributed by atoms with E-state index in [0.717, 1.165) is 49.8 Å². The number of aromatic nitrogens is 3. The largest absolute Gasteiger partial charge is 1.00 e. The Hall–Kier alpha value is 0.981. The summed E-state index contributed by atoms with van der Waals surface area (Å²) in [6.45, 7) is -4.01. The molecule has 0 unspecified atom stereocenters. The molecule has 0 amide bonds. The summed E-state index contributed by atoms with van der Waals surface area (Å²) in [6, 6.07) is 0. The summed E-state index contributed by atoms with van der Waals surface area (Å²) in [5.74, 6) is 0.828. The van der Waals surface area contributed by atoms with Crippen LogP contribution >= 0.6 is 11.8 Å². The van der Waals surface area contributed by atoms with Crippen LogP contribution < -0.4 is 51.4 Å². The predicted octanol–water partition coefficient (Wildman–Crippen LogP) is -0.513. The average Bonchev–Trinajstić information content (AvgIpc) is 2.43. The summed E-state index contributed by atoms with van der Waals surface area (Å²) in [6.07, 6.45) is 3.98. The van der Waals surface area contributed by atoms with E-state index in [1.54, 1.807) is 0 Å². The van der Waals surface area contributed by atoms with Crippen LogP contribution in [0.5, 0.6) is 0 Å². The molecule has 1 aromatic heterocycles. The molecule has 1 aliphatic heterocycles. The summed E-state index contributed by atoms with van der Waals surface area (Å²) < 4.78 is 38.3. The maximum absolute atomic E-state index is 12.1. The molecule has 0 bridgehead atoms. The van der Waals surface area contributed by atoms with E-state index in [9.17, 15) is 12.9 Å². The van der Waals surface area contributed by atoms with E-state index in [-0.39, 0.29) is 51.4 Å². The molecule has 0 atom stereocenters. The van der Waals surface area contributed by atoms with Gasteiger partial charge in [0.1, 0.15) is 5.82 Å². The molecule has 0 aliphatic carbocycles. The zero-order valence-electron chi connectivity index (χ0n) is 9.70. The number of halogens is 3. The Morgan fingerprint density at radius 3 is 2.65 bits per heavy atom. The Morgan fingerprint density at radius 2 is 1.94 bits per heavy atom. The van der Waals surface area contributed by atoms with Crippen LogP contribution in [0.4, 0.5) is 12.9 Å². The Kier molecular flexibility index (Phi) is 6.56. The molecule has 0 radical (unpaired) electrons. The second-order valence-electron chi connectivity index (χ2n) is 3.88. The number of thioether (sulfide) groups is 1. The topological polar surface area (TPSA) is 30.7 Å². The van der Waals surface area contributed by atoms with Gasteiger partial charge in [-0.1, -0.05) is 6.42 Å². The normalized spacial score (nSPS) is 15.9. The Bertz CT molecular complexity index is 371. The van der Waals surface area contributed by atoms with Crippen molar-refractivity contribution in [2.24, 2.45) is 0 Å². The van der Waals surface area contributed by atoms with Crippen molar-refractivity contribution in [3.8, 4) is 0 Å². The van der Waals surface area contributed by atoms with Gasteiger partial charge < -0.3 is 17.5 Å². The first-order valence-corrected chi connectivity index (χ1v) is 6.31. The SMILES string of the molecule is F[B-](F)(F)CSc1nnc2n1CCCCC2.[K+]. The van der Waals surface area contributed by atoms with Crippen LogP contribution in [0.1, 0.15) is 25.1 Å². The summed E-state index contributed by atoms with van der Waals surface area (Å²) in [7, 11) is 0. The van der Waals surface area contributed by atoms with Gasteiger partial charge in [-0.25, -0.2) is 0 Å². The Balaban J connectivity index is 0.00000144. The molecule has 3 nitrogen and oxygen atoms in total. The van der Waals surface area contributed by atoms with Crippen molar-refractivity contribution in [1.82, 2.24) is 14.8 Å². The molecule has 0 N–H and O–H groups in total. The fraction of sp³-hybridized carbons (Fsp3) is 0.750. The van der Waals surface area contributed by atoms with Gasteiger partial charge in [0, 0.05) is 13.0 Å². The minimum absolute atomic E-state index is 0. The van der Waals surface area contributed by atoms with Crippen LogP contribution in [-0.4, -0.2) is 27.4 Å². The number of nitrogens with zero attached hydrogens (tertiary/aromatic N) is 3. The molecular formula is C8H12BF3KN3S. The zero-order valence-corrected chi connectivity index (χ0v) is 13.6. The summed E-state index contributed by atoms with van der Waals surface area (Å²) >= 11 is 0.750. The van der Waals surface area contributed by atoms with Gasteiger partial charge in [0.25, 0.3) is 0 Å². The molecule has 90 valence electrons. The van der Waals surface area contributed by atoms with Crippen LogP contribution in [0.2, 0.25) is 0 Å². The Labute approximate surface area is 145 Å². The number of aryl methyl sites for hydroxylation is 1. The smallest absolute Gasteiger partial charge is 0.448 e. The molecule has 0 saturated carbocycles. The second-order valence-corrected chi connectivity index (χ2v) is 4.87.